The minimum atomic E-state index is -0.196. The molecule has 4 heteroatoms. The van der Waals surface area contributed by atoms with Gasteiger partial charge < -0.3 is 4.74 Å². The van der Waals surface area contributed by atoms with Crippen LogP contribution < -0.4 is 0 Å². The molecule has 0 N–H and O–H groups in total. The summed E-state index contributed by atoms with van der Waals surface area (Å²) in [7, 11) is 0. The van der Waals surface area contributed by atoms with Crippen LogP contribution in [0.3, 0.4) is 0 Å². The van der Waals surface area contributed by atoms with E-state index in [1.165, 1.54) is 0 Å². The van der Waals surface area contributed by atoms with Crippen LogP contribution in [0, 0.1) is 0 Å². The lowest BCUT2D eigenvalue weighted by Gasteiger charge is -2.27. The fraction of sp³-hybridized carbons (Fsp3) is 0.417. The fourth-order valence-electron chi connectivity index (χ4n) is 1.96. The maximum Gasteiger partial charge on any atom is 0.410 e. The van der Waals surface area contributed by atoms with E-state index in [1.807, 2.05) is 42.2 Å². The summed E-state index contributed by atoms with van der Waals surface area (Å²) in [6.07, 6.45) is -0.196. The molecule has 86 valence electrons. The summed E-state index contributed by atoms with van der Waals surface area (Å²) >= 11 is 2.29. The molecular weight excluding hydrogens is 317 g/mol. The largest absolute Gasteiger partial charge is 0.447 e. The first kappa shape index (κ1) is 11.7. The van der Waals surface area contributed by atoms with Crippen LogP contribution in [0.1, 0.15) is 18.5 Å². The molecule has 0 saturated carbocycles. The molecule has 1 heterocycles. The number of halogens is 1. The van der Waals surface area contributed by atoms with Gasteiger partial charge in [0, 0.05) is 4.43 Å². The average Bonchev–Trinajstić information content (AvgIpc) is 2.70. The predicted octanol–water partition coefficient (Wildman–Crippen LogP) is 3.00. The van der Waals surface area contributed by atoms with Crippen LogP contribution in [-0.2, 0) is 4.74 Å². The van der Waals surface area contributed by atoms with Crippen molar-refractivity contribution in [2.75, 3.05) is 11.0 Å². The Balaban J connectivity index is 2.20. The Bertz CT molecular complexity index is 369. The quantitative estimate of drug-likeness (QED) is 0.629. The lowest BCUT2D eigenvalue weighted by atomic mass is 10.1. The molecule has 0 aromatic heterocycles. The highest BCUT2D eigenvalue weighted by molar-refractivity contribution is 14.1. The Labute approximate surface area is 109 Å². The van der Waals surface area contributed by atoms with Gasteiger partial charge in [-0.05, 0) is 12.5 Å². The normalized spacial score (nSPS) is 22.0. The summed E-state index contributed by atoms with van der Waals surface area (Å²) in [5, 5.41) is 0. The monoisotopic (exact) mass is 331 g/mol. The van der Waals surface area contributed by atoms with E-state index < -0.39 is 0 Å². The van der Waals surface area contributed by atoms with Crippen molar-refractivity contribution in [3.05, 3.63) is 35.9 Å². The average molecular weight is 331 g/mol. The van der Waals surface area contributed by atoms with Crippen LogP contribution in [0.4, 0.5) is 4.79 Å². The number of carbonyl (C=O) groups is 1. The van der Waals surface area contributed by atoms with E-state index in [1.54, 1.807) is 0 Å². The van der Waals surface area contributed by atoms with Crippen LogP contribution in [-0.4, -0.2) is 28.1 Å². The topological polar surface area (TPSA) is 29.5 Å². The molecule has 16 heavy (non-hydrogen) atoms. The van der Waals surface area contributed by atoms with Gasteiger partial charge in [0.1, 0.15) is 6.61 Å². The molecule has 1 saturated heterocycles. The van der Waals surface area contributed by atoms with E-state index in [4.69, 9.17) is 4.74 Å². The van der Waals surface area contributed by atoms with Crippen molar-refractivity contribution >= 4 is 28.7 Å². The minimum Gasteiger partial charge on any atom is -0.447 e. The number of hydrogen-bond acceptors (Lipinski definition) is 2. The number of alkyl halides is 1. The van der Waals surface area contributed by atoms with Crippen molar-refractivity contribution < 1.29 is 9.53 Å². The smallest absolute Gasteiger partial charge is 0.410 e. The maximum absolute atomic E-state index is 11.7. The second-order valence-corrected chi connectivity index (χ2v) is 4.76. The third-order valence-corrected chi connectivity index (χ3v) is 3.90. The number of amides is 1. The van der Waals surface area contributed by atoms with Crippen molar-refractivity contribution in [1.29, 1.82) is 0 Å². The van der Waals surface area contributed by atoms with E-state index in [0.29, 0.717) is 6.61 Å². The van der Waals surface area contributed by atoms with Gasteiger partial charge in [-0.15, -0.1) is 0 Å². The van der Waals surface area contributed by atoms with E-state index in [-0.39, 0.29) is 18.2 Å². The molecule has 2 rings (SSSR count). The molecule has 0 aliphatic carbocycles. The van der Waals surface area contributed by atoms with E-state index in [2.05, 4.69) is 22.6 Å². The lowest BCUT2D eigenvalue weighted by Crippen LogP contribution is -2.36. The Kier molecular flexibility index (Phi) is 3.68. The van der Waals surface area contributed by atoms with Crippen LogP contribution in [0.2, 0.25) is 0 Å². The molecule has 0 spiro atoms. The zero-order valence-electron chi connectivity index (χ0n) is 9.10. The number of cyclic esters (lactones) is 1. The molecule has 2 atom stereocenters. The molecule has 1 aliphatic heterocycles. The third kappa shape index (κ3) is 2.16. The molecule has 1 amide bonds. The van der Waals surface area contributed by atoms with Crippen molar-refractivity contribution in [3.8, 4) is 0 Å². The molecule has 1 aromatic rings. The molecular formula is C12H14INO2. The van der Waals surface area contributed by atoms with Gasteiger partial charge in [-0.2, -0.15) is 0 Å². The molecule has 0 unspecified atom stereocenters. The summed E-state index contributed by atoms with van der Waals surface area (Å²) in [4.78, 5) is 13.5. The zero-order valence-corrected chi connectivity index (χ0v) is 11.3. The second-order valence-electron chi connectivity index (χ2n) is 3.88. The number of ether oxygens (including phenoxy) is 1. The summed E-state index contributed by atoms with van der Waals surface area (Å²) in [6, 6.07) is 10.3. The van der Waals surface area contributed by atoms with Crippen molar-refractivity contribution in [1.82, 2.24) is 4.90 Å². The fourth-order valence-corrected chi connectivity index (χ4v) is 2.64. The van der Waals surface area contributed by atoms with E-state index in [9.17, 15) is 4.79 Å². The van der Waals surface area contributed by atoms with Crippen LogP contribution in [0.25, 0.3) is 0 Å². The number of hydrogen-bond donors (Lipinski definition) is 0. The van der Waals surface area contributed by atoms with E-state index >= 15 is 0 Å². The van der Waals surface area contributed by atoms with Crippen LogP contribution in [0.15, 0.2) is 30.3 Å². The van der Waals surface area contributed by atoms with Gasteiger partial charge in [0.05, 0.1) is 12.1 Å². The third-order valence-electron chi connectivity index (χ3n) is 2.88. The van der Waals surface area contributed by atoms with Crippen molar-refractivity contribution in [3.63, 3.8) is 0 Å². The summed E-state index contributed by atoms with van der Waals surface area (Å²) < 4.78 is 6.00. The first-order chi connectivity index (χ1) is 7.74. The molecule has 0 bridgehead atoms. The Morgan fingerprint density at radius 2 is 2.19 bits per heavy atom. The zero-order chi connectivity index (χ0) is 11.5. The van der Waals surface area contributed by atoms with Crippen LogP contribution in [0.5, 0.6) is 0 Å². The van der Waals surface area contributed by atoms with Gasteiger partial charge in [0.15, 0.2) is 0 Å². The predicted molar refractivity (Wildman–Crippen MR) is 70.7 cm³/mol. The summed E-state index contributed by atoms with van der Waals surface area (Å²) in [6.45, 7) is 2.56. The molecule has 1 aromatic carbocycles. The Morgan fingerprint density at radius 3 is 2.81 bits per heavy atom. The lowest BCUT2D eigenvalue weighted by molar-refractivity contribution is 0.148. The van der Waals surface area contributed by atoms with Gasteiger partial charge in [-0.1, -0.05) is 52.9 Å². The van der Waals surface area contributed by atoms with Gasteiger partial charge in [0.25, 0.3) is 0 Å². The first-order valence-electron chi connectivity index (χ1n) is 5.30. The Morgan fingerprint density at radius 1 is 1.50 bits per heavy atom. The first-order valence-corrected chi connectivity index (χ1v) is 6.82. The second kappa shape index (κ2) is 5.03. The number of benzene rings is 1. The Hall–Kier alpha value is -0.780. The van der Waals surface area contributed by atoms with Crippen molar-refractivity contribution in [2.24, 2.45) is 0 Å². The molecule has 1 aliphatic rings. The maximum atomic E-state index is 11.7. The number of rotatable bonds is 3. The molecule has 3 nitrogen and oxygen atoms in total. The van der Waals surface area contributed by atoms with Crippen LogP contribution >= 0.6 is 22.6 Å². The summed E-state index contributed by atoms with van der Waals surface area (Å²) in [5.74, 6) is 0. The van der Waals surface area contributed by atoms with E-state index in [0.717, 1.165) is 9.99 Å². The van der Waals surface area contributed by atoms with Gasteiger partial charge in [0.2, 0.25) is 0 Å². The molecule has 0 radical (unpaired) electrons. The van der Waals surface area contributed by atoms with Gasteiger partial charge in [-0.3, -0.25) is 4.90 Å². The molecule has 1 fully saturated rings. The summed E-state index contributed by atoms with van der Waals surface area (Å²) in [5.41, 5.74) is 1.15. The SMILES string of the molecule is C[C@H](c1ccccc1)N1C(=O)OC[C@H]1CI. The standard InChI is InChI=1S/C12H14INO2/c1-9(10-5-3-2-4-6-10)14-11(7-13)8-16-12(14)15/h2-6,9,11H,7-8H2,1H3/t9-,11-/m1/s1. The van der Waals surface area contributed by atoms with Gasteiger partial charge >= 0.3 is 6.09 Å². The highest BCUT2D eigenvalue weighted by Gasteiger charge is 2.35. The highest BCUT2D eigenvalue weighted by atomic mass is 127. The van der Waals surface area contributed by atoms with Crippen molar-refractivity contribution in [2.45, 2.75) is 19.0 Å². The minimum absolute atomic E-state index is 0.0796. The highest BCUT2D eigenvalue weighted by Crippen LogP contribution is 2.27. The number of nitrogens with zero attached hydrogens (tertiary/aromatic N) is 1. The number of carbonyl (C=O) groups excluding carboxylic acids is 1. The van der Waals surface area contributed by atoms with Gasteiger partial charge in [-0.25, -0.2) is 4.79 Å².